The summed E-state index contributed by atoms with van der Waals surface area (Å²) in [4.78, 5) is 0. The zero-order valence-corrected chi connectivity index (χ0v) is 6.78. The molecule has 0 amide bonds. The van der Waals surface area contributed by atoms with Crippen LogP contribution in [0.25, 0.3) is 0 Å². The highest BCUT2D eigenvalue weighted by atomic mass is 28.3. The second-order valence-electron chi connectivity index (χ2n) is 1.37. The van der Waals surface area contributed by atoms with Gasteiger partial charge >= 0.3 is 9.28 Å². The maximum absolute atomic E-state index is 4.96. The molecule has 0 bridgehead atoms. The molecular formula is C6H10O2Si. The second kappa shape index (κ2) is 5.57. The molecule has 0 aliphatic carbocycles. The Hall–Kier alpha value is -0.563. The molecular weight excluding hydrogens is 132 g/mol. The van der Waals surface area contributed by atoms with Gasteiger partial charge < -0.3 is 8.85 Å². The van der Waals surface area contributed by atoms with Crippen molar-refractivity contribution in [3.63, 3.8) is 0 Å². The summed E-state index contributed by atoms with van der Waals surface area (Å²) in [6.07, 6.45) is 6.56. The van der Waals surface area contributed by atoms with Gasteiger partial charge in [-0.2, -0.15) is 0 Å². The largest absolute Gasteiger partial charge is 0.397 e. The van der Waals surface area contributed by atoms with Gasteiger partial charge in [0.15, 0.2) is 0 Å². The summed E-state index contributed by atoms with van der Waals surface area (Å²) < 4.78 is 9.87. The average molecular weight is 142 g/mol. The van der Waals surface area contributed by atoms with E-state index in [9.17, 15) is 0 Å². The standard InChI is InChI=1S/C6H10O2Si/c1-4-5-6-9(7-2)8-3/h1,5-6,9H,2-3H3. The van der Waals surface area contributed by atoms with Gasteiger partial charge in [-0.15, -0.1) is 6.42 Å². The summed E-state index contributed by atoms with van der Waals surface area (Å²) in [6, 6.07) is 0. The minimum absolute atomic E-state index is 1.53. The van der Waals surface area contributed by atoms with E-state index in [4.69, 9.17) is 15.3 Å². The molecule has 0 aliphatic rings. The predicted molar refractivity (Wildman–Crippen MR) is 39.1 cm³/mol. The number of hydrogen-bond acceptors (Lipinski definition) is 2. The van der Waals surface area contributed by atoms with Crippen molar-refractivity contribution in [1.29, 1.82) is 0 Å². The first kappa shape index (κ1) is 8.44. The first-order chi connectivity index (χ1) is 4.35. The lowest BCUT2D eigenvalue weighted by atomic mass is 10.7. The lowest BCUT2D eigenvalue weighted by Gasteiger charge is -2.02. The Kier molecular flexibility index (Phi) is 5.22. The van der Waals surface area contributed by atoms with Crippen molar-refractivity contribution in [2.75, 3.05) is 14.2 Å². The van der Waals surface area contributed by atoms with Gasteiger partial charge in [-0.1, -0.05) is 5.92 Å². The molecule has 0 aliphatic heterocycles. The Morgan fingerprint density at radius 2 is 2.00 bits per heavy atom. The molecule has 0 aromatic carbocycles. The Labute approximate surface area is 57.3 Å². The van der Waals surface area contributed by atoms with Crippen LogP contribution in [0.4, 0.5) is 0 Å². The van der Waals surface area contributed by atoms with Crippen LogP contribution in [-0.4, -0.2) is 23.5 Å². The Bertz CT molecular complexity index is 122. The number of terminal acetylenes is 1. The number of hydrogen-bond donors (Lipinski definition) is 0. The minimum atomic E-state index is -1.53. The molecule has 0 saturated heterocycles. The minimum Gasteiger partial charge on any atom is -0.397 e. The maximum atomic E-state index is 4.96. The summed E-state index contributed by atoms with van der Waals surface area (Å²) in [5.41, 5.74) is 1.79. The third-order valence-corrected chi connectivity index (χ3v) is 2.25. The highest BCUT2D eigenvalue weighted by Gasteiger charge is 2.00. The first-order valence-electron chi connectivity index (χ1n) is 2.53. The quantitative estimate of drug-likeness (QED) is 0.415. The van der Waals surface area contributed by atoms with Crippen LogP contribution >= 0.6 is 0 Å². The van der Waals surface area contributed by atoms with Gasteiger partial charge in [-0.3, -0.25) is 0 Å². The third-order valence-electron chi connectivity index (χ3n) is 0.814. The van der Waals surface area contributed by atoms with Crippen LogP contribution in [0.1, 0.15) is 0 Å². The van der Waals surface area contributed by atoms with E-state index in [1.807, 2.05) is 0 Å². The van der Waals surface area contributed by atoms with Gasteiger partial charge in [0, 0.05) is 14.2 Å². The molecule has 0 unspecified atom stereocenters. The van der Waals surface area contributed by atoms with Crippen molar-refractivity contribution in [3.05, 3.63) is 11.8 Å². The molecule has 0 atom stereocenters. The zero-order chi connectivity index (χ0) is 7.11. The molecule has 2 nitrogen and oxygen atoms in total. The van der Waals surface area contributed by atoms with E-state index in [2.05, 4.69) is 5.92 Å². The van der Waals surface area contributed by atoms with Gasteiger partial charge in [0.05, 0.1) is 0 Å². The number of rotatable bonds is 3. The Morgan fingerprint density at radius 1 is 1.44 bits per heavy atom. The van der Waals surface area contributed by atoms with Crippen LogP contribution in [0.3, 0.4) is 0 Å². The van der Waals surface area contributed by atoms with Crippen LogP contribution < -0.4 is 0 Å². The molecule has 0 saturated carbocycles. The third kappa shape index (κ3) is 3.97. The van der Waals surface area contributed by atoms with E-state index in [-0.39, 0.29) is 0 Å². The molecule has 0 heterocycles. The topological polar surface area (TPSA) is 18.5 Å². The van der Waals surface area contributed by atoms with E-state index in [0.29, 0.717) is 0 Å². The Balaban J connectivity index is 3.57. The van der Waals surface area contributed by atoms with E-state index in [0.717, 1.165) is 0 Å². The summed E-state index contributed by atoms with van der Waals surface area (Å²) in [5.74, 6) is 2.36. The summed E-state index contributed by atoms with van der Waals surface area (Å²) in [7, 11) is 1.69. The van der Waals surface area contributed by atoms with Crippen LogP contribution in [-0.2, 0) is 8.85 Å². The smallest absolute Gasteiger partial charge is 0.348 e. The molecule has 0 aromatic rings. The zero-order valence-electron chi connectivity index (χ0n) is 5.63. The molecule has 0 rings (SSSR count). The molecule has 0 N–H and O–H groups in total. The normalized spacial score (nSPS) is 10.4. The average Bonchev–Trinajstić information content (AvgIpc) is 1.91. The summed E-state index contributed by atoms with van der Waals surface area (Å²) in [6.45, 7) is 0. The number of allylic oxidation sites excluding steroid dienone is 1. The SMILES string of the molecule is C#CC=C[SiH](OC)OC. The van der Waals surface area contributed by atoms with Gasteiger partial charge in [0.1, 0.15) is 0 Å². The van der Waals surface area contributed by atoms with E-state index in [1.54, 1.807) is 26.0 Å². The van der Waals surface area contributed by atoms with E-state index in [1.165, 1.54) is 0 Å². The van der Waals surface area contributed by atoms with Gasteiger partial charge in [-0.05, 0) is 11.8 Å². The first-order valence-corrected chi connectivity index (χ1v) is 4.14. The Morgan fingerprint density at radius 3 is 2.33 bits per heavy atom. The van der Waals surface area contributed by atoms with Crippen LogP contribution in [0, 0.1) is 12.3 Å². The molecule has 9 heavy (non-hydrogen) atoms. The van der Waals surface area contributed by atoms with Crippen molar-refractivity contribution >= 4 is 9.28 Å². The van der Waals surface area contributed by atoms with Crippen molar-refractivity contribution < 1.29 is 8.85 Å². The molecule has 3 heteroatoms. The van der Waals surface area contributed by atoms with Gasteiger partial charge in [0.2, 0.25) is 0 Å². The fourth-order valence-electron chi connectivity index (χ4n) is 0.387. The summed E-state index contributed by atoms with van der Waals surface area (Å²) in [5, 5.41) is 0. The monoisotopic (exact) mass is 142 g/mol. The van der Waals surface area contributed by atoms with Crippen LogP contribution in [0.2, 0.25) is 0 Å². The fourth-order valence-corrected chi connectivity index (χ4v) is 1.16. The van der Waals surface area contributed by atoms with Gasteiger partial charge in [-0.25, -0.2) is 0 Å². The van der Waals surface area contributed by atoms with Crippen LogP contribution in [0.5, 0.6) is 0 Å². The highest BCUT2D eigenvalue weighted by Crippen LogP contribution is 1.85. The van der Waals surface area contributed by atoms with Crippen molar-refractivity contribution in [2.45, 2.75) is 0 Å². The fraction of sp³-hybridized carbons (Fsp3) is 0.333. The molecule has 0 aromatic heterocycles. The van der Waals surface area contributed by atoms with Crippen LogP contribution in [0.15, 0.2) is 11.8 Å². The lowest BCUT2D eigenvalue weighted by molar-refractivity contribution is 0.290. The highest BCUT2D eigenvalue weighted by molar-refractivity contribution is 6.50. The second-order valence-corrected chi connectivity index (χ2v) is 3.43. The molecule has 0 spiro atoms. The summed E-state index contributed by atoms with van der Waals surface area (Å²) >= 11 is 0. The van der Waals surface area contributed by atoms with E-state index >= 15 is 0 Å². The molecule has 0 fully saturated rings. The van der Waals surface area contributed by atoms with E-state index < -0.39 is 9.28 Å². The molecule has 50 valence electrons. The predicted octanol–water partition coefficient (Wildman–Crippen LogP) is 0.228. The van der Waals surface area contributed by atoms with Crippen molar-refractivity contribution in [3.8, 4) is 12.3 Å². The van der Waals surface area contributed by atoms with Crippen molar-refractivity contribution in [1.82, 2.24) is 0 Å². The molecule has 0 radical (unpaired) electrons. The lowest BCUT2D eigenvalue weighted by Crippen LogP contribution is -2.15. The maximum Gasteiger partial charge on any atom is 0.348 e. The van der Waals surface area contributed by atoms with Crippen molar-refractivity contribution in [2.24, 2.45) is 0 Å². The van der Waals surface area contributed by atoms with Gasteiger partial charge in [0.25, 0.3) is 0 Å².